The molecule has 0 amide bonds. The molecule has 2 heterocycles. The van der Waals surface area contributed by atoms with Gasteiger partial charge in [-0.3, -0.25) is 4.98 Å². The summed E-state index contributed by atoms with van der Waals surface area (Å²) in [6.45, 7) is 2.37. The van der Waals surface area contributed by atoms with Crippen molar-refractivity contribution in [2.24, 2.45) is 0 Å². The lowest BCUT2D eigenvalue weighted by atomic mass is 10.1. The van der Waals surface area contributed by atoms with Gasteiger partial charge in [-0.05, 0) is 12.1 Å². The van der Waals surface area contributed by atoms with Crippen molar-refractivity contribution in [2.75, 3.05) is 26.8 Å². The van der Waals surface area contributed by atoms with Gasteiger partial charge in [0.1, 0.15) is 11.9 Å². The van der Waals surface area contributed by atoms with Crippen LogP contribution in [0.5, 0.6) is 5.75 Å². The smallest absolute Gasteiger partial charge is 0.119 e. The highest BCUT2D eigenvalue weighted by molar-refractivity contribution is 5.60. The van der Waals surface area contributed by atoms with Crippen LogP contribution in [0, 0.1) is 0 Å². The molecule has 1 fully saturated rings. The average molecular weight is 271 g/mol. The van der Waals surface area contributed by atoms with Crippen LogP contribution in [0.2, 0.25) is 0 Å². The molecule has 2 aromatic rings. The third-order valence-corrected chi connectivity index (χ3v) is 3.28. The summed E-state index contributed by atoms with van der Waals surface area (Å²) in [4.78, 5) is 8.94. The molecule has 104 valence electrons. The van der Waals surface area contributed by atoms with Crippen LogP contribution in [0.3, 0.4) is 0 Å². The van der Waals surface area contributed by atoms with Gasteiger partial charge in [0.2, 0.25) is 0 Å². The van der Waals surface area contributed by atoms with E-state index in [1.165, 1.54) is 0 Å². The van der Waals surface area contributed by atoms with E-state index in [-0.39, 0.29) is 6.10 Å². The first kappa shape index (κ1) is 13.0. The number of aromatic nitrogens is 2. The second-order valence-electron chi connectivity index (χ2n) is 4.62. The minimum atomic E-state index is -0.0261. The second-order valence-corrected chi connectivity index (χ2v) is 4.62. The zero-order chi connectivity index (χ0) is 13.8. The summed E-state index contributed by atoms with van der Waals surface area (Å²) in [7, 11) is 1.66. The molecule has 1 aromatic carbocycles. The van der Waals surface area contributed by atoms with Crippen molar-refractivity contribution >= 4 is 0 Å². The number of hydrogen-bond acceptors (Lipinski definition) is 5. The molecule has 0 saturated carbocycles. The number of nitrogens with zero attached hydrogens (tertiary/aromatic N) is 2. The fraction of sp³-hybridized carbons (Fsp3) is 0.333. The lowest BCUT2D eigenvalue weighted by Gasteiger charge is -2.23. The maximum atomic E-state index is 5.71. The largest absolute Gasteiger partial charge is 0.497 e. The van der Waals surface area contributed by atoms with E-state index in [9.17, 15) is 0 Å². The highest BCUT2D eigenvalue weighted by Gasteiger charge is 2.18. The molecular weight excluding hydrogens is 254 g/mol. The molecule has 0 spiro atoms. The van der Waals surface area contributed by atoms with Gasteiger partial charge < -0.3 is 14.8 Å². The van der Waals surface area contributed by atoms with Gasteiger partial charge in [-0.15, -0.1) is 0 Å². The Hall–Kier alpha value is -1.98. The molecule has 1 N–H and O–H groups in total. The monoisotopic (exact) mass is 271 g/mol. The number of hydrogen-bond donors (Lipinski definition) is 1. The predicted octanol–water partition coefficient (Wildman–Crippen LogP) is 1.81. The lowest BCUT2D eigenvalue weighted by molar-refractivity contribution is 0.0248. The van der Waals surface area contributed by atoms with Crippen molar-refractivity contribution in [1.29, 1.82) is 0 Å². The van der Waals surface area contributed by atoms with Gasteiger partial charge in [0, 0.05) is 18.7 Å². The number of rotatable bonds is 3. The Kier molecular flexibility index (Phi) is 3.90. The Morgan fingerprint density at radius 2 is 2.30 bits per heavy atom. The van der Waals surface area contributed by atoms with Crippen LogP contribution >= 0.6 is 0 Å². The molecule has 0 aliphatic carbocycles. The molecule has 1 aliphatic rings. The number of morpholine rings is 1. The van der Waals surface area contributed by atoms with E-state index in [2.05, 4.69) is 15.3 Å². The SMILES string of the molecule is COc1cccc(-c2cncc([C@@H]3CNCCO3)n2)c1. The van der Waals surface area contributed by atoms with Crippen molar-refractivity contribution in [3.63, 3.8) is 0 Å². The van der Waals surface area contributed by atoms with Gasteiger partial charge in [-0.2, -0.15) is 0 Å². The first-order valence-electron chi connectivity index (χ1n) is 6.65. The van der Waals surface area contributed by atoms with Gasteiger partial charge >= 0.3 is 0 Å². The molecular formula is C15H17N3O2. The standard InChI is InChI=1S/C15H17N3O2/c1-19-12-4-2-3-11(7-12)13-8-17-9-14(18-13)15-10-16-5-6-20-15/h2-4,7-9,15-16H,5-6,10H2,1H3/t15-/m0/s1. The molecule has 3 rings (SSSR count). The van der Waals surface area contributed by atoms with E-state index in [0.29, 0.717) is 6.61 Å². The van der Waals surface area contributed by atoms with Gasteiger partial charge in [0.15, 0.2) is 0 Å². The quantitative estimate of drug-likeness (QED) is 0.922. The number of benzene rings is 1. The van der Waals surface area contributed by atoms with Gasteiger partial charge in [0.05, 0.1) is 37.5 Å². The number of ether oxygens (including phenoxy) is 2. The van der Waals surface area contributed by atoms with E-state index in [0.717, 1.165) is 35.8 Å². The molecule has 5 nitrogen and oxygen atoms in total. The van der Waals surface area contributed by atoms with Gasteiger partial charge in [-0.25, -0.2) is 4.98 Å². The Morgan fingerprint density at radius 3 is 3.10 bits per heavy atom. The third kappa shape index (κ3) is 2.79. The van der Waals surface area contributed by atoms with E-state index in [4.69, 9.17) is 9.47 Å². The van der Waals surface area contributed by atoms with E-state index in [1.54, 1.807) is 19.5 Å². The van der Waals surface area contributed by atoms with E-state index in [1.807, 2.05) is 24.3 Å². The lowest BCUT2D eigenvalue weighted by Crippen LogP contribution is -2.33. The number of methoxy groups -OCH3 is 1. The molecule has 1 aromatic heterocycles. The minimum absolute atomic E-state index is 0.0261. The summed E-state index contributed by atoms with van der Waals surface area (Å²) in [5.41, 5.74) is 2.68. The first-order chi connectivity index (χ1) is 9.86. The summed E-state index contributed by atoms with van der Waals surface area (Å²) in [6.07, 6.45) is 3.50. The second kappa shape index (κ2) is 5.98. The van der Waals surface area contributed by atoms with Crippen molar-refractivity contribution in [3.05, 3.63) is 42.4 Å². The van der Waals surface area contributed by atoms with Crippen LogP contribution in [0.4, 0.5) is 0 Å². The van der Waals surface area contributed by atoms with Crippen molar-refractivity contribution < 1.29 is 9.47 Å². The maximum absolute atomic E-state index is 5.71. The molecule has 20 heavy (non-hydrogen) atoms. The van der Waals surface area contributed by atoms with E-state index >= 15 is 0 Å². The minimum Gasteiger partial charge on any atom is -0.497 e. The first-order valence-corrected chi connectivity index (χ1v) is 6.65. The fourth-order valence-corrected chi connectivity index (χ4v) is 2.21. The van der Waals surface area contributed by atoms with Crippen LogP contribution in [-0.4, -0.2) is 36.8 Å². The Labute approximate surface area is 118 Å². The van der Waals surface area contributed by atoms with Crippen LogP contribution in [0.1, 0.15) is 11.8 Å². The van der Waals surface area contributed by atoms with Gasteiger partial charge in [0.25, 0.3) is 0 Å². The molecule has 0 unspecified atom stereocenters. The van der Waals surface area contributed by atoms with Crippen LogP contribution < -0.4 is 10.1 Å². The normalized spacial score (nSPS) is 18.8. The molecule has 0 bridgehead atoms. The molecule has 5 heteroatoms. The highest BCUT2D eigenvalue weighted by Crippen LogP contribution is 2.23. The summed E-state index contributed by atoms with van der Waals surface area (Å²) < 4.78 is 11.0. The summed E-state index contributed by atoms with van der Waals surface area (Å²) in [6, 6.07) is 7.81. The third-order valence-electron chi connectivity index (χ3n) is 3.28. The topological polar surface area (TPSA) is 56.3 Å². The van der Waals surface area contributed by atoms with Gasteiger partial charge in [-0.1, -0.05) is 12.1 Å². The summed E-state index contributed by atoms with van der Waals surface area (Å²) in [5.74, 6) is 0.810. The molecule has 0 radical (unpaired) electrons. The summed E-state index contributed by atoms with van der Waals surface area (Å²) >= 11 is 0. The Balaban J connectivity index is 1.89. The Morgan fingerprint density at radius 1 is 1.35 bits per heavy atom. The van der Waals surface area contributed by atoms with E-state index < -0.39 is 0 Å². The maximum Gasteiger partial charge on any atom is 0.119 e. The fourth-order valence-electron chi connectivity index (χ4n) is 2.21. The van der Waals surface area contributed by atoms with Crippen LogP contribution in [-0.2, 0) is 4.74 Å². The average Bonchev–Trinajstić information content (AvgIpc) is 2.56. The zero-order valence-electron chi connectivity index (χ0n) is 11.4. The Bertz CT molecular complexity index is 583. The molecule has 1 saturated heterocycles. The van der Waals surface area contributed by atoms with Crippen molar-refractivity contribution in [3.8, 4) is 17.0 Å². The van der Waals surface area contributed by atoms with Crippen molar-refractivity contribution in [1.82, 2.24) is 15.3 Å². The molecule has 1 aliphatic heterocycles. The highest BCUT2D eigenvalue weighted by atomic mass is 16.5. The van der Waals surface area contributed by atoms with Crippen molar-refractivity contribution in [2.45, 2.75) is 6.10 Å². The predicted molar refractivity (Wildman–Crippen MR) is 75.6 cm³/mol. The zero-order valence-corrected chi connectivity index (χ0v) is 11.4. The summed E-state index contributed by atoms with van der Waals surface area (Å²) in [5, 5.41) is 3.30. The number of nitrogens with one attached hydrogen (secondary N) is 1. The van der Waals surface area contributed by atoms with Crippen LogP contribution in [0.15, 0.2) is 36.7 Å². The molecule has 1 atom stereocenters. The van der Waals surface area contributed by atoms with Crippen LogP contribution in [0.25, 0.3) is 11.3 Å².